The average Bonchev–Trinajstić information content (AvgIpc) is 2.38. The molecule has 6 heteroatoms. The Morgan fingerprint density at radius 3 is 2.67 bits per heavy atom. The van der Waals surface area contributed by atoms with Gasteiger partial charge < -0.3 is 4.98 Å². The Bertz CT molecular complexity index is 821. The molecule has 0 radical (unpaired) electrons. The fourth-order valence-corrected chi connectivity index (χ4v) is 1.88. The van der Waals surface area contributed by atoms with Crippen molar-refractivity contribution in [3.05, 3.63) is 57.4 Å². The summed E-state index contributed by atoms with van der Waals surface area (Å²) in [4.78, 5) is 27.9. The molecule has 0 bridgehead atoms. The topological polar surface area (TPSA) is 91.5 Å². The van der Waals surface area contributed by atoms with Crippen LogP contribution in [-0.2, 0) is 0 Å². The van der Waals surface area contributed by atoms with Crippen LogP contribution in [-0.4, -0.2) is 20.2 Å². The minimum atomic E-state index is -0.524. The predicted octanol–water partition coefficient (Wildman–Crippen LogP) is 0.673. The second kappa shape index (κ2) is 3.92. The Morgan fingerprint density at radius 2 is 1.89 bits per heavy atom. The number of fused-ring (bicyclic) bond motifs is 1. The first-order valence-electron chi connectivity index (χ1n) is 5.29. The van der Waals surface area contributed by atoms with Crippen molar-refractivity contribution in [3.8, 4) is 11.3 Å². The van der Waals surface area contributed by atoms with Crippen LogP contribution in [0.15, 0.2) is 46.1 Å². The van der Waals surface area contributed by atoms with Crippen LogP contribution in [0.2, 0.25) is 0 Å². The van der Waals surface area contributed by atoms with Crippen molar-refractivity contribution >= 4 is 10.9 Å². The molecule has 0 amide bonds. The van der Waals surface area contributed by atoms with Crippen LogP contribution in [0.4, 0.5) is 0 Å². The van der Waals surface area contributed by atoms with Crippen molar-refractivity contribution in [2.24, 2.45) is 0 Å². The highest BCUT2D eigenvalue weighted by atomic mass is 16.2. The lowest BCUT2D eigenvalue weighted by atomic mass is 10.1. The Labute approximate surface area is 100 Å². The van der Waals surface area contributed by atoms with E-state index in [9.17, 15) is 9.59 Å². The average molecular weight is 240 g/mol. The van der Waals surface area contributed by atoms with Crippen LogP contribution in [0.1, 0.15) is 0 Å². The summed E-state index contributed by atoms with van der Waals surface area (Å²) < 4.78 is 0. The summed E-state index contributed by atoms with van der Waals surface area (Å²) in [5.74, 6) is 0. The summed E-state index contributed by atoms with van der Waals surface area (Å²) in [6.45, 7) is 0. The molecule has 0 atom stereocenters. The highest BCUT2D eigenvalue weighted by Crippen LogP contribution is 2.21. The first-order valence-corrected chi connectivity index (χ1v) is 5.29. The molecule has 2 aromatic heterocycles. The fourth-order valence-electron chi connectivity index (χ4n) is 1.88. The zero-order chi connectivity index (χ0) is 12.5. The minimum Gasteiger partial charge on any atom is -0.307 e. The maximum Gasteiger partial charge on any atom is 0.326 e. The monoisotopic (exact) mass is 240 g/mol. The second-order valence-electron chi connectivity index (χ2n) is 3.75. The minimum absolute atomic E-state index is 0.401. The van der Waals surface area contributed by atoms with Crippen LogP contribution >= 0.6 is 0 Å². The first-order chi connectivity index (χ1) is 8.75. The molecular formula is C12H8N4O2. The van der Waals surface area contributed by atoms with Gasteiger partial charge in [0.05, 0.1) is 16.6 Å². The largest absolute Gasteiger partial charge is 0.326 e. The molecule has 2 N–H and O–H groups in total. The number of H-pyrrole nitrogens is 2. The van der Waals surface area contributed by atoms with Crippen LogP contribution in [0.25, 0.3) is 22.2 Å². The van der Waals surface area contributed by atoms with Crippen molar-refractivity contribution < 1.29 is 0 Å². The van der Waals surface area contributed by atoms with Crippen LogP contribution in [0.3, 0.4) is 0 Å². The van der Waals surface area contributed by atoms with Crippen molar-refractivity contribution in [2.75, 3.05) is 0 Å². The molecule has 0 aliphatic heterocycles. The van der Waals surface area contributed by atoms with E-state index in [1.54, 1.807) is 36.5 Å². The third kappa shape index (κ3) is 1.60. The summed E-state index contributed by atoms with van der Waals surface area (Å²) in [5.41, 5.74) is 0.740. The van der Waals surface area contributed by atoms with E-state index in [2.05, 4.69) is 20.2 Å². The molecule has 88 valence electrons. The lowest BCUT2D eigenvalue weighted by molar-refractivity contribution is 1.04. The standard InChI is InChI=1S/C12H8N4O2/c17-11-10-7(8-5-2-6-13-16-8)3-1-4-9(10)14-12(18)15-11/h1-6H,(H2,14,15,17,18). The Morgan fingerprint density at radius 1 is 1.00 bits per heavy atom. The highest BCUT2D eigenvalue weighted by molar-refractivity contribution is 5.92. The molecular weight excluding hydrogens is 232 g/mol. The van der Waals surface area contributed by atoms with E-state index in [1.807, 2.05) is 0 Å². The van der Waals surface area contributed by atoms with Crippen molar-refractivity contribution in [2.45, 2.75) is 0 Å². The molecule has 6 nitrogen and oxygen atoms in total. The first kappa shape index (κ1) is 10.4. The van der Waals surface area contributed by atoms with E-state index in [0.29, 0.717) is 22.2 Å². The number of hydrogen-bond donors (Lipinski definition) is 2. The molecule has 0 fully saturated rings. The Kier molecular flexibility index (Phi) is 2.26. The summed E-state index contributed by atoms with van der Waals surface area (Å²) in [5, 5.41) is 8.15. The van der Waals surface area contributed by atoms with Crippen LogP contribution in [0, 0.1) is 0 Å². The van der Waals surface area contributed by atoms with Gasteiger partial charge in [-0.1, -0.05) is 12.1 Å². The number of hydrogen-bond acceptors (Lipinski definition) is 4. The lowest BCUT2D eigenvalue weighted by Gasteiger charge is -2.03. The van der Waals surface area contributed by atoms with E-state index in [1.165, 1.54) is 0 Å². The molecule has 18 heavy (non-hydrogen) atoms. The predicted molar refractivity (Wildman–Crippen MR) is 66.2 cm³/mol. The molecule has 0 spiro atoms. The van der Waals surface area contributed by atoms with Crippen molar-refractivity contribution in [1.29, 1.82) is 0 Å². The smallest absolute Gasteiger partial charge is 0.307 e. The van der Waals surface area contributed by atoms with E-state index < -0.39 is 11.2 Å². The summed E-state index contributed by atoms with van der Waals surface area (Å²) >= 11 is 0. The summed E-state index contributed by atoms with van der Waals surface area (Å²) in [7, 11) is 0. The van der Waals surface area contributed by atoms with Gasteiger partial charge >= 0.3 is 5.69 Å². The molecule has 3 aromatic rings. The van der Waals surface area contributed by atoms with Gasteiger partial charge in [0.1, 0.15) is 0 Å². The number of rotatable bonds is 1. The number of benzene rings is 1. The van der Waals surface area contributed by atoms with Gasteiger partial charge in [-0.05, 0) is 18.2 Å². The van der Waals surface area contributed by atoms with Crippen molar-refractivity contribution in [1.82, 2.24) is 20.2 Å². The van der Waals surface area contributed by atoms with E-state index in [-0.39, 0.29) is 0 Å². The normalized spacial score (nSPS) is 10.7. The van der Waals surface area contributed by atoms with E-state index >= 15 is 0 Å². The number of aromatic nitrogens is 4. The SMILES string of the molecule is O=c1[nH]c(=O)c2c(-c3cccnn3)cccc2[nH]1. The molecule has 0 saturated heterocycles. The summed E-state index contributed by atoms with van der Waals surface area (Å²) in [6.07, 6.45) is 1.56. The quantitative estimate of drug-likeness (QED) is 0.654. The van der Waals surface area contributed by atoms with E-state index in [4.69, 9.17) is 0 Å². The molecule has 0 saturated carbocycles. The van der Waals surface area contributed by atoms with Crippen LogP contribution < -0.4 is 11.2 Å². The molecule has 3 rings (SSSR count). The maximum atomic E-state index is 11.9. The van der Waals surface area contributed by atoms with Gasteiger partial charge in [-0.2, -0.15) is 10.2 Å². The second-order valence-corrected chi connectivity index (χ2v) is 3.75. The van der Waals surface area contributed by atoms with Gasteiger partial charge in [0.25, 0.3) is 5.56 Å². The van der Waals surface area contributed by atoms with Gasteiger partial charge in [-0.3, -0.25) is 9.78 Å². The maximum absolute atomic E-state index is 11.9. The van der Waals surface area contributed by atoms with Crippen molar-refractivity contribution in [3.63, 3.8) is 0 Å². The molecule has 2 heterocycles. The fraction of sp³-hybridized carbons (Fsp3) is 0. The lowest BCUT2D eigenvalue weighted by Crippen LogP contribution is -2.22. The zero-order valence-corrected chi connectivity index (χ0v) is 9.18. The van der Waals surface area contributed by atoms with Gasteiger partial charge in [0.15, 0.2) is 0 Å². The number of aromatic amines is 2. The van der Waals surface area contributed by atoms with Gasteiger partial charge in [0, 0.05) is 11.8 Å². The molecule has 1 aromatic carbocycles. The molecule has 0 aliphatic carbocycles. The number of nitrogens with zero attached hydrogens (tertiary/aromatic N) is 2. The zero-order valence-electron chi connectivity index (χ0n) is 9.18. The number of nitrogens with one attached hydrogen (secondary N) is 2. The van der Waals surface area contributed by atoms with Gasteiger partial charge in [-0.15, -0.1) is 0 Å². The highest BCUT2D eigenvalue weighted by Gasteiger charge is 2.09. The van der Waals surface area contributed by atoms with E-state index in [0.717, 1.165) is 0 Å². The van der Waals surface area contributed by atoms with Gasteiger partial charge in [-0.25, -0.2) is 4.79 Å². The third-order valence-electron chi connectivity index (χ3n) is 2.62. The Balaban J connectivity index is 2.45. The van der Waals surface area contributed by atoms with Gasteiger partial charge in [0.2, 0.25) is 0 Å². The Hall–Kier alpha value is -2.76. The molecule has 0 aliphatic rings. The third-order valence-corrected chi connectivity index (χ3v) is 2.62. The summed E-state index contributed by atoms with van der Waals surface area (Å²) in [6, 6.07) is 8.68. The molecule has 0 unspecified atom stereocenters. The van der Waals surface area contributed by atoms with Crippen LogP contribution in [0.5, 0.6) is 0 Å².